The van der Waals surface area contributed by atoms with E-state index >= 15 is 0 Å². The summed E-state index contributed by atoms with van der Waals surface area (Å²) in [6, 6.07) is 28.6. The lowest BCUT2D eigenvalue weighted by Crippen LogP contribution is -2.36. The molecule has 0 spiro atoms. The van der Waals surface area contributed by atoms with E-state index in [0.29, 0.717) is 55.5 Å². The summed E-state index contributed by atoms with van der Waals surface area (Å²) in [5.41, 5.74) is 6.80. The van der Waals surface area contributed by atoms with Gasteiger partial charge in [-0.3, -0.25) is 4.99 Å². The first-order valence-electron chi connectivity index (χ1n) is 22.9. The number of methoxy groups -OCH3 is 2. The topological polar surface area (TPSA) is 166 Å². The van der Waals surface area contributed by atoms with E-state index in [1.807, 2.05) is 81.6 Å². The number of benzene rings is 4. The Balaban J connectivity index is 0.000000156. The Morgan fingerprint density at radius 1 is 0.732 bits per heavy atom. The molecule has 3 aliphatic rings. The molecule has 15 nitrogen and oxygen atoms in total. The molecule has 0 aliphatic carbocycles. The average molecular weight is 1030 g/mol. The summed E-state index contributed by atoms with van der Waals surface area (Å²) in [5.74, 6) is 1.46. The van der Waals surface area contributed by atoms with Gasteiger partial charge in [-0.2, -0.15) is 9.78 Å². The Morgan fingerprint density at radius 3 is 1.94 bits per heavy atom. The fourth-order valence-electron chi connectivity index (χ4n) is 8.30. The largest absolute Gasteiger partial charge is 0.497 e. The van der Waals surface area contributed by atoms with Crippen LogP contribution in [-0.2, 0) is 20.8 Å². The highest BCUT2D eigenvalue weighted by molar-refractivity contribution is 9.10. The molecule has 3 aromatic heterocycles. The number of carbonyl (C=O) groups is 1. The molecule has 2 N–H and O–H groups in total. The van der Waals surface area contributed by atoms with Crippen molar-refractivity contribution in [2.24, 2.45) is 4.99 Å². The van der Waals surface area contributed by atoms with E-state index in [-0.39, 0.29) is 17.0 Å². The van der Waals surface area contributed by atoms with Crippen LogP contribution in [0.1, 0.15) is 37.5 Å². The molecule has 7 aromatic rings. The van der Waals surface area contributed by atoms with Crippen LogP contribution in [0.3, 0.4) is 0 Å². The summed E-state index contributed by atoms with van der Waals surface area (Å²) in [6.07, 6.45) is 3.10. The molecule has 2 saturated heterocycles. The van der Waals surface area contributed by atoms with E-state index in [9.17, 15) is 13.6 Å². The summed E-state index contributed by atoms with van der Waals surface area (Å²) in [7, 11) is 1.05. The number of nitrogens with zero attached hydrogens (tertiary/aromatic N) is 7. The average Bonchev–Trinajstić information content (AvgIpc) is 3.98. The Kier molecular flexibility index (Phi) is 16.1. The lowest BCUT2D eigenvalue weighted by molar-refractivity contribution is 0.0523. The third kappa shape index (κ3) is 11.9. The van der Waals surface area contributed by atoms with Crippen molar-refractivity contribution in [3.63, 3.8) is 0 Å². The molecule has 6 heterocycles. The fraction of sp³-hybridized carbons (Fsp3) is 0.288. The molecule has 0 atom stereocenters. The van der Waals surface area contributed by atoms with Gasteiger partial charge in [0.1, 0.15) is 46.1 Å². The zero-order valence-electron chi connectivity index (χ0n) is 39.9. The molecular weight excluding hydrogens is 979 g/mol. The van der Waals surface area contributed by atoms with Crippen LogP contribution in [0.25, 0.3) is 33.3 Å². The van der Waals surface area contributed by atoms with Crippen molar-refractivity contribution in [2.45, 2.75) is 32.9 Å². The second-order valence-corrected chi connectivity index (χ2v) is 18.4. The van der Waals surface area contributed by atoms with Gasteiger partial charge < -0.3 is 43.5 Å². The van der Waals surface area contributed by atoms with Crippen molar-refractivity contribution in [2.75, 3.05) is 76.6 Å². The number of ether oxygens (including phenoxy) is 5. The molecule has 2 fully saturated rings. The van der Waals surface area contributed by atoms with E-state index in [1.54, 1.807) is 25.4 Å². The number of hydrogen-bond acceptors (Lipinski definition) is 14. The number of halogens is 3. The summed E-state index contributed by atoms with van der Waals surface area (Å²) in [6.45, 7) is 12.2. The van der Waals surface area contributed by atoms with Crippen molar-refractivity contribution in [1.29, 1.82) is 0 Å². The summed E-state index contributed by atoms with van der Waals surface area (Å²) < 4.78 is 56.3. The maximum Gasteiger partial charge on any atom is 0.495 e. The highest BCUT2D eigenvalue weighted by atomic mass is 79.9. The number of carbonyl (C=O) groups excluding carboxylic acids is 1. The highest BCUT2D eigenvalue weighted by Gasteiger charge is 2.26. The van der Waals surface area contributed by atoms with E-state index in [0.717, 1.165) is 87.3 Å². The van der Waals surface area contributed by atoms with E-state index in [4.69, 9.17) is 38.7 Å². The number of pyridine rings is 2. The van der Waals surface area contributed by atoms with Gasteiger partial charge in [0.15, 0.2) is 0 Å². The van der Waals surface area contributed by atoms with Gasteiger partial charge in [0.2, 0.25) is 0 Å². The zero-order chi connectivity index (χ0) is 50.2. The molecule has 4 aromatic carbocycles. The standard InChI is InChI=1S/C24H22FN3O2.C21H23BrN4O3.C7H8BFO3/c1-29-21-4-2-3-20(25)23(21)16-5-6-18-15-27-24(19(18)13-16)17-7-8-26-22(14-17)28-9-11-30-12-10-28;1-21(2,3)29-20(27)26-17-5-4-15(22)13-16(17)19(24-26)14-6-7-23-18(12-14)25-8-10-28-11-9-25;1-12-6-4-2-3-5(9)7(6)8(10)11/h2-8,13-14H,9-12,15H2,1H3;4-7,12-13H,8-11H2,1-3H3;2-4,10-11H,1H3. The van der Waals surface area contributed by atoms with Crippen LogP contribution >= 0.6 is 15.9 Å². The quantitative estimate of drug-likeness (QED) is 0.141. The highest BCUT2D eigenvalue weighted by Crippen LogP contribution is 2.36. The Morgan fingerprint density at radius 2 is 1.34 bits per heavy atom. The number of fused-ring (bicyclic) bond motifs is 2. The summed E-state index contributed by atoms with van der Waals surface area (Å²) in [5, 5.41) is 23.0. The van der Waals surface area contributed by atoms with Gasteiger partial charge in [-0.05, 0) is 105 Å². The molecule has 0 amide bonds. The van der Waals surface area contributed by atoms with Crippen molar-refractivity contribution in [1.82, 2.24) is 19.7 Å². The molecule has 71 heavy (non-hydrogen) atoms. The van der Waals surface area contributed by atoms with Crippen LogP contribution in [0.5, 0.6) is 11.5 Å². The normalized spacial score (nSPS) is 14.4. The summed E-state index contributed by atoms with van der Waals surface area (Å²) >= 11 is 3.52. The lowest BCUT2D eigenvalue weighted by Gasteiger charge is -2.28. The minimum absolute atomic E-state index is 0.130. The molecule has 10 rings (SSSR count). The first kappa shape index (κ1) is 50.6. The van der Waals surface area contributed by atoms with Gasteiger partial charge in [-0.25, -0.2) is 23.5 Å². The monoisotopic (exact) mass is 1030 g/mol. The SMILES string of the molecule is CC(C)(C)OC(=O)n1nc(-c2ccnc(N3CCOCC3)c2)c2cc(Br)ccc21.COc1cccc(F)c1-c1ccc2c(c1)C(c1ccnc(N3CCOCC3)c1)=NC2.COc1cccc(F)c1B(O)O. The number of aromatic nitrogens is 4. The van der Waals surface area contributed by atoms with Crippen molar-refractivity contribution in [3.8, 4) is 33.9 Å². The van der Waals surface area contributed by atoms with E-state index in [1.165, 1.54) is 30.0 Å². The van der Waals surface area contributed by atoms with Gasteiger partial charge in [-0.15, -0.1) is 0 Å². The number of rotatable bonds is 8. The molecule has 3 aliphatic heterocycles. The maximum atomic E-state index is 14.6. The van der Waals surface area contributed by atoms with Crippen molar-refractivity contribution in [3.05, 3.63) is 142 Å². The number of hydrogen-bond donors (Lipinski definition) is 2. The van der Waals surface area contributed by atoms with Gasteiger partial charge in [0.25, 0.3) is 0 Å². The third-order valence-corrected chi connectivity index (χ3v) is 12.2. The molecular formula is C52H53BBrF2N7O8. The molecule has 368 valence electrons. The Bertz CT molecular complexity index is 3050. The van der Waals surface area contributed by atoms with Crippen LogP contribution in [0, 0.1) is 11.6 Å². The number of anilines is 2. The van der Waals surface area contributed by atoms with Crippen LogP contribution in [-0.4, -0.2) is 121 Å². The van der Waals surface area contributed by atoms with Gasteiger partial charge in [-0.1, -0.05) is 40.2 Å². The number of morpholine rings is 2. The second-order valence-electron chi connectivity index (χ2n) is 17.5. The predicted octanol–water partition coefficient (Wildman–Crippen LogP) is 8.08. The third-order valence-electron chi connectivity index (χ3n) is 11.7. The van der Waals surface area contributed by atoms with Crippen LogP contribution in [0.4, 0.5) is 25.2 Å². The molecule has 0 bridgehead atoms. The fourth-order valence-corrected chi connectivity index (χ4v) is 8.66. The van der Waals surface area contributed by atoms with Crippen molar-refractivity contribution >= 4 is 62.9 Å². The minimum atomic E-state index is -1.85. The molecule has 0 unspecified atom stereocenters. The van der Waals surface area contributed by atoms with Gasteiger partial charge in [0.05, 0.1) is 69.4 Å². The second kappa shape index (κ2) is 22.5. The van der Waals surface area contributed by atoms with Crippen LogP contribution in [0.2, 0.25) is 0 Å². The number of aliphatic imine (C=N–C) groups is 1. The molecule has 0 saturated carbocycles. The van der Waals surface area contributed by atoms with E-state index in [2.05, 4.69) is 46.9 Å². The Hall–Kier alpha value is -6.77. The summed E-state index contributed by atoms with van der Waals surface area (Å²) in [4.78, 5) is 31.0. The van der Waals surface area contributed by atoms with Crippen LogP contribution in [0.15, 0.2) is 119 Å². The van der Waals surface area contributed by atoms with E-state index < -0.39 is 24.6 Å². The van der Waals surface area contributed by atoms with Crippen LogP contribution < -0.4 is 24.7 Å². The zero-order valence-corrected chi connectivity index (χ0v) is 41.5. The molecule has 19 heteroatoms. The smallest absolute Gasteiger partial charge is 0.495 e. The van der Waals surface area contributed by atoms with Crippen molar-refractivity contribution < 1.29 is 47.3 Å². The minimum Gasteiger partial charge on any atom is -0.497 e. The first-order chi connectivity index (χ1) is 34.2. The Labute approximate surface area is 418 Å². The van der Waals surface area contributed by atoms with Gasteiger partial charge >= 0.3 is 13.2 Å². The molecule has 0 radical (unpaired) electrons. The maximum absolute atomic E-state index is 14.6. The van der Waals surface area contributed by atoms with Gasteiger partial charge in [0, 0.05) is 65.1 Å². The first-order valence-corrected chi connectivity index (χ1v) is 23.7. The lowest BCUT2D eigenvalue weighted by atomic mass is 9.79. The predicted molar refractivity (Wildman–Crippen MR) is 273 cm³/mol.